The normalized spacial score (nSPS) is 11.7. The lowest BCUT2D eigenvalue weighted by Crippen LogP contribution is -2.39. The Balaban J connectivity index is 2.80. The monoisotopic (exact) mass is 291 g/mol. The summed E-state index contributed by atoms with van der Waals surface area (Å²) in [6, 6.07) is 6.33. The zero-order valence-corrected chi connectivity index (χ0v) is 11.0. The number of hydrogen-bond acceptors (Lipinski definition) is 4. The minimum atomic E-state index is -4.42. The van der Waals surface area contributed by atoms with Crippen molar-refractivity contribution in [3.63, 3.8) is 0 Å². The largest absolute Gasteiger partial charge is 0.496 e. The zero-order valence-electron chi connectivity index (χ0n) is 11.0. The highest BCUT2D eigenvalue weighted by Crippen LogP contribution is 2.20. The number of Topliss-reactive ketones (excluding diaryl/α,β-unsaturated/α-hetero) is 1. The number of ether oxygens (including phenoxy) is 1. The third kappa shape index (κ3) is 5.18. The van der Waals surface area contributed by atoms with Crippen LogP contribution < -0.4 is 4.74 Å². The Kier molecular flexibility index (Phi) is 5.97. The van der Waals surface area contributed by atoms with E-state index in [1.165, 1.54) is 13.2 Å². The highest BCUT2D eigenvalue weighted by atomic mass is 19.4. The Bertz CT molecular complexity index is 449. The van der Waals surface area contributed by atoms with Crippen molar-refractivity contribution in [2.24, 2.45) is 0 Å². The highest BCUT2D eigenvalue weighted by molar-refractivity contribution is 6.00. The van der Waals surface area contributed by atoms with Gasteiger partial charge in [0.05, 0.1) is 32.4 Å². The first-order valence-electron chi connectivity index (χ1n) is 5.93. The van der Waals surface area contributed by atoms with Crippen molar-refractivity contribution < 1.29 is 27.8 Å². The number of methoxy groups -OCH3 is 1. The summed E-state index contributed by atoms with van der Waals surface area (Å²) >= 11 is 0. The fourth-order valence-electron chi connectivity index (χ4n) is 1.77. The second kappa shape index (κ2) is 7.25. The van der Waals surface area contributed by atoms with Crippen molar-refractivity contribution in [3.8, 4) is 5.75 Å². The fourth-order valence-corrected chi connectivity index (χ4v) is 1.77. The summed E-state index contributed by atoms with van der Waals surface area (Å²) in [6.07, 6.45) is -4.42. The van der Waals surface area contributed by atoms with Crippen LogP contribution in [0.2, 0.25) is 0 Å². The van der Waals surface area contributed by atoms with Crippen LogP contribution >= 0.6 is 0 Å². The molecule has 0 aliphatic rings. The fraction of sp³-hybridized carbons (Fsp3) is 0.462. The first-order chi connectivity index (χ1) is 9.37. The first kappa shape index (κ1) is 16.5. The Labute approximate surface area is 114 Å². The number of carbonyl (C=O) groups excluding carboxylic acids is 1. The molecule has 1 rings (SSSR count). The molecular formula is C13H16F3NO3. The second-order valence-electron chi connectivity index (χ2n) is 4.17. The number of rotatable bonds is 7. The number of para-hydroxylation sites is 1. The number of aliphatic hydroxyl groups is 1. The molecule has 0 saturated heterocycles. The van der Waals surface area contributed by atoms with E-state index in [1.54, 1.807) is 18.2 Å². The van der Waals surface area contributed by atoms with Gasteiger partial charge in [0.15, 0.2) is 5.78 Å². The molecule has 0 radical (unpaired) electrons. The molecule has 0 amide bonds. The van der Waals surface area contributed by atoms with Gasteiger partial charge in [-0.2, -0.15) is 13.2 Å². The predicted octanol–water partition coefficient (Wildman–Crippen LogP) is 1.73. The summed E-state index contributed by atoms with van der Waals surface area (Å²) in [6.45, 7) is -2.34. The smallest absolute Gasteiger partial charge is 0.401 e. The van der Waals surface area contributed by atoms with Gasteiger partial charge < -0.3 is 9.84 Å². The molecule has 4 nitrogen and oxygen atoms in total. The summed E-state index contributed by atoms with van der Waals surface area (Å²) in [4.78, 5) is 12.9. The van der Waals surface area contributed by atoms with Gasteiger partial charge in [-0.15, -0.1) is 0 Å². The molecular weight excluding hydrogens is 275 g/mol. The molecule has 0 heterocycles. The van der Waals surface area contributed by atoms with Crippen LogP contribution in [0.4, 0.5) is 13.2 Å². The molecule has 1 N–H and O–H groups in total. The summed E-state index contributed by atoms with van der Waals surface area (Å²) in [7, 11) is 1.38. The van der Waals surface area contributed by atoms with Gasteiger partial charge in [0.25, 0.3) is 0 Å². The molecule has 0 unspecified atom stereocenters. The average Bonchev–Trinajstić information content (AvgIpc) is 2.37. The molecule has 0 saturated carbocycles. The van der Waals surface area contributed by atoms with Crippen LogP contribution in [-0.4, -0.2) is 55.3 Å². The van der Waals surface area contributed by atoms with Crippen LogP contribution in [0.25, 0.3) is 0 Å². The SMILES string of the molecule is COc1ccccc1C(=O)CN(CCO)CC(F)(F)F. The topological polar surface area (TPSA) is 49.8 Å². The molecule has 1 aromatic carbocycles. The molecule has 0 aliphatic carbocycles. The van der Waals surface area contributed by atoms with Gasteiger partial charge in [-0.3, -0.25) is 9.69 Å². The number of alkyl halides is 3. The standard InChI is InChI=1S/C13H16F3NO3/c1-20-12-5-3-2-4-10(12)11(19)8-17(6-7-18)9-13(14,15)16/h2-5,18H,6-9H2,1H3. The molecule has 7 heteroatoms. The summed E-state index contributed by atoms with van der Waals surface area (Å²) in [5.41, 5.74) is 0.222. The minimum absolute atomic E-state index is 0.222. The van der Waals surface area contributed by atoms with E-state index >= 15 is 0 Å². The summed E-state index contributed by atoms with van der Waals surface area (Å²) in [5.74, 6) is -0.173. The Morgan fingerprint density at radius 2 is 2.00 bits per heavy atom. The predicted molar refractivity (Wildman–Crippen MR) is 66.9 cm³/mol. The molecule has 112 valence electrons. The van der Waals surface area contributed by atoms with Gasteiger partial charge in [0, 0.05) is 6.54 Å². The minimum Gasteiger partial charge on any atom is -0.496 e. The van der Waals surface area contributed by atoms with Crippen LogP contribution in [0.1, 0.15) is 10.4 Å². The molecule has 0 aliphatic heterocycles. The maximum Gasteiger partial charge on any atom is 0.401 e. The van der Waals surface area contributed by atoms with Crippen molar-refractivity contribution in [1.82, 2.24) is 4.90 Å². The summed E-state index contributed by atoms with van der Waals surface area (Å²) < 4.78 is 42.1. The van der Waals surface area contributed by atoms with Gasteiger partial charge in [0.2, 0.25) is 0 Å². The van der Waals surface area contributed by atoms with E-state index in [-0.39, 0.29) is 12.1 Å². The van der Waals surface area contributed by atoms with Gasteiger partial charge in [0.1, 0.15) is 5.75 Å². The number of aliphatic hydroxyl groups excluding tert-OH is 1. The van der Waals surface area contributed by atoms with Crippen molar-refractivity contribution in [1.29, 1.82) is 0 Å². The van der Waals surface area contributed by atoms with E-state index in [2.05, 4.69) is 0 Å². The van der Waals surface area contributed by atoms with E-state index < -0.39 is 31.7 Å². The maximum atomic E-state index is 12.4. The first-order valence-corrected chi connectivity index (χ1v) is 5.93. The van der Waals surface area contributed by atoms with Gasteiger partial charge in [-0.25, -0.2) is 0 Å². The molecule has 0 atom stereocenters. The Hall–Kier alpha value is -1.60. The molecule has 20 heavy (non-hydrogen) atoms. The van der Waals surface area contributed by atoms with Crippen molar-refractivity contribution in [2.75, 3.05) is 33.4 Å². The number of hydrogen-bond donors (Lipinski definition) is 1. The number of nitrogens with zero attached hydrogens (tertiary/aromatic N) is 1. The van der Waals surface area contributed by atoms with Crippen molar-refractivity contribution in [3.05, 3.63) is 29.8 Å². The van der Waals surface area contributed by atoms with Crippen molar-refractivity contribution in [2.45, 2.75) is 6.18 Å². The third-order valence-corrected chi connectivity index (χ3v) is 2.59. The van der Waals surface area contributed by atoms with Gasteiger partial charge in [-0.05, 0) is 12.1 Å². The van der Waals surface area contributed by atoms with Gasteiger partial charge >= 0.3 is 6.18 Å². The second-order valence-corrected chi connectivity index (χ2v) is 4.17. The van der Waals surface area contributed by atoms with Crippen LogP contribution in [0.3, 0.4) is 0 Å². The van der Waals surface area contributed by atoms with E-state index in [4.69, 9.17) is 9.84 Å². The molecule has 0 bridgehead atoms. The van der Waals surface area contributed by atoms with Crippen LogP contribution in [-0.2, 0) is 0 Å². The average molecular weight is 291 g/mol. The quantitative estimate of drug-likeness (QED) is 0.777. The number of benzene rings is 1. The Morgan fingerprint density at radius 3 is 2.55 bits per heavy atom. The van der Waals surface area contributed by atoms with Crippen LogP contribution in [0, 0.1) is 0 Å². The lowest BCUT2D eigenvalue weighted by atomic mass is 10.1. The number of halogens is 3. The zero-order chi connectivity index (χ0) is 15.2. The van der Waals surface area contributed by atoms with Crippen molar-refractivity contribution >= 4 is 5.78 Å². The number of ketones is 1. The summed E-state index contributed by atoms with van der Waals surface area (Å²) in [5, 5.41) is 8.77. The van der Waals surface area contributed by atoms with E-state index in [9.17, 15) is 18.0 Å². The molecule has 0 aromatic heterocycles. The molecule has 1 aromatic rings. The van der Waals surface area contributed by atoms with Gasteiger partial charge in [-0.1, -0.05) is 12.1 Å². The lowest BCUT2D eigenvalue weighted by Gasteiger charge is -2.22. The molecule has 0 spiro atoms. The van der Waals surface area contributed by atoms with E-state index in [0.29, 0.717) is 5.75 Å². The maximum absolute atomic E-state index is 12.4. The van der Waals surface area contributed by atoms with E-state index in [0.717, 1.165) is 4.90 Å². The lowest BCUT2D eigenvalue weighted by molar-refractivity contribution is -0.145. The van der Waals surface area contributed by atoms with Crippen LogP contribution in [0.5, 0.6) is 5.75 Å². The van der Waals surface area contributed by atoms with Crippen LogP contribution in [0.15, 0.2) is 24.3 Å². The number of carbonyl (C=O) groups is 1. The molecule has 0 fully saturated rings. The highest BCUT2D eigenvalue weighted by Gasteiger charge is 2.31. The third-order valence-electron chi connectivity index (χ3n) is 2.59. The Morgan fingerprint density at radius 1 is 1.35 bits per heavy atom. The van der Waals surface area contributed by atoms with E-state index in [1.807, 2.05) is 0 Å².